The Kier molecular flexibility index (Phi) is 6.29. The molecule has 27 heavy (non-hydrogen) atoms. The van der Waals surface area contributed by atoms with Crippen LogP contribution in [0.5, 0.6) is 5.75 Å². The number of carbonyl (C=O) groups is 1. The van der Waals surface area contributed by atoms with E-state index in [0.29, 0.717) is 5.56 Å². The van der Waals surface area contributed by atoms with Crippen LogP contribution in [0.15, 0.2) is 48.5 Å². The highest BCUT2D eigenvalue weighted by Crippen LogP contribution is 2.22. The molecular formula is C21H26FN3O2. The Morgan fingerprint density at radius 2 is 1.89 bits per heavy atom. The third-order valence-electron chi connectivity index (χ3n) is 5.07. The maximum absolute atomic E-state index is 13.7. The Morgan fingerprint density at radius 3 is 2.59 bits per heavy atom. The average Bonchev–Trinajstić information content (AvgIpc) is 2.72. The van der Waals surface area contributed by atoms with Gasteiger partial charge in [-0.3, -0.25) is 9.69 Å². The smallest absolute Gasteiger partial charge is 0.237 e. The first-order chi connectivity index (χ1) is 13.1. The lowest BCUT2D eigenvalue weighted by molar-refractivity contribution is -0.126. The monoisotopic (exact) mass is 371 g/mol. The minimum atomic E-state index is -0.294. The van der Waals surface area contributed by atoms with E-state index in [1.165, 1.54) is 6.07 Å². The maximum atomic E-state index is 13.7. The molecule has 5 nitrogen and oxygen atoms in total. The van der Waals surface area contributed by atoms with Crippen molar-refractivity contribution in [1.29, 1.82) is 0 Å². The lowest BCUT2D eigenvalue weighted by Crippen LogP contribution is -2.53. The fraction of sp³-hybridized carbons (Fsp3) is 0.381. The summed E-state index contributed by atoms with van der Waals surface area (Å²) in [5.74, 6) is 0.473. The molecule has 3 rings (SSSR count). The van der Waals surface area contributed by atoms with Gasteiger partial charge >= 0.3 is 0 Å². The molecule has 0 saturated carbocycles. The van der Waals surface area contributed by atoms with Gasteiger partial charge in [-0.25, -0.2) is 4.39 Å². The quantitative estimate of drug-likeness (QED) is 0.848. The first-order valence-corrected chi connectivity index (χ1v) is 9.22. The van der Waals surface area contributed by atoms with Gasteiger partial charge in [0.25, 0.3) is 0 Å². The highest BCUT2D eigenvalue weighted by molar-refractivity contribution is 5.81. The molecule has 1 aliphatic heterocycles. The second kappa shape index (κ2) is 8.86. The van der Waals surface area contributed by atoms with E-state index in [0.717, 1.165) is 37.6 Å². The molecule has 0 aliphatic carbocycles. The third-order valence-corrected chi connectivity index (χ3v) is 5.07. The van der Waals surface area contributed by atoms with Crippen molar-refractivity contribution in [2.75, 3.05) is 38.2 Å². The zero-order valence-electron chi connectivity index (χ0n) is 15.8. The molecule has 1 atom stereocenters. The summed E-state index contributed by atoms with van der Waals surface area (Å²) in [6.07, 6.45) is 0. The van der Waals surface area contributed by atoms with Gasteiger partial charge in [0.05, 0.1) is 13.2 Å². The number of benzene rings is 2. The van der Waals surface area contributed by atoms with Gasteiger partial charge < -0.3 is 15.0 Å². The Labute approximate surface area is 159 Å². The molecule has 1 N–H and O–H groups in total. The number of anilines is 1. The SMILES string of the molecule is COc1cccc(N2CCN(C(C)C(=O)NCc3ccccc3F)CC2)c1. The summed E-state index contributed by atoms with van der Waals surface area (Å²) in [7, 11) is 1.67. The summed E-state index contributed by atoms with van der Waals surface area (Å²) < 4.78 is 19.0. The number of ether oxygens (including phenoxy) is 1. The van der Waals surface area contributed by atoms with Crippen LogP contribution in [-0.2, 0) is 11.3 Å². The largest absolute Gasteiger partial charge is 0.497 e. The molecule has 0 radical (unpaired) electrons. The molecule has 1 unspecified atom stereocenters. The first kappa shape index (κ1) is 19.2. The Morgan fingerprint density at radius 1 is 1.15 bits per heavy atom. The molecule has 1 heterocycles. The predicted octanol–water partition coefficient (Wildman–Crippen LogP) is 2.66. The number of methoxy groups -OCH3 is 1. The van der Waals surface area contributed by atoms with E-state index in [1.807, 2.05) is 25.1 Å². The van der Waals surface area contributed by atoms with Gasteiger partial charge in [-0.15, -0.1) is 0 Å². The number of carbonyl (C=O) groups excluding carboxylic acids is 1. The van der Waals surface area contributed by atoms with E-state index in [1.54, 1.807) is 25.3 Å². The Hall–Kier alpha value is -2.60. The van der Waals surface area contributed by atoms with E-state index in [9.17, 15) is 9.18 Å². The van der Waals surface area contributed by atoms with Crippen molar-refractivity contribution in [3.8, 4) is 5.75 Å². The average molecular weight is 371 g/mol. The second-order valence-electron chi connectivity index (χ2n) is 6.71. The van der Waals surface area contributed by atoms with E-state index in [2.05, 4.69) is 21.2 Å². The molecule has 1 aliphatic rings. The summed E-state index contributed by atoms with van der Waals surface area (Å²) in [4.78, 5) is 16.9. The maximum Gasteiger partial charge on any atom is 0.237 e. The summed E-state index contributed by atoms with van der Waals surface area (Å²) in [6, 6.07) is 14.3. The van der Waals surface area contributed by atoms with Gasteiger partial charge in [-0.1, -0.05) is 24.3 Å². The van der Waals surface area contributed by atoms with Gasteiger partial charge in [-0.05, 0) is 25.1 Å². The van der Waals surface area contributed by atoms with Gasteiger partial charge in [-0.2, -0.15) is 0 Å². The molecule has 0 spiro atoms. The van der Waals surface area contributed by atoms with Gasteiger partial charge in [0.2, 0.25) is 5.91 Å². The number of piperazine rings is 1. The summed E-state index contributed by atoms with van der Waals surface area (Å²) in [5, 5.41) is 2.84. The number of amides is 1. The third kappa shape index (κ3) is 4.77. The van der Waals surface area contributed by atoms with Crippen molar-refractivity contribution in [1.82, 2.24) is 10.2 Å². The van der Waals surface area contributed by atoms with Gasteiger partial charge in [0.1, 0.15) is 11.6 Å². The predicted molar refractivity (Wildman–Crippen MR) is 104 cm³/mol. The van der Waals surface area contributed by atoms with Crippen molar-refractivity contribution in [3.05, 3.63) is 59.9 Å². The van der Waals surface area contributed by atoms with Gasteiger partial charge in [0, 0.05) is 50.0 Å². The molecule has 144 valence electrons. The minimum absolute atomic E-state index is 0.0758. The topological polar surface area (TPSA) is 44.8 Å². The fourth-order valence-electron chi connectivity index (χ4n) is 3.31. The first-order valence-electron chi connectivity index (χ1n) is 9.22. The zero-order chi connectivity index (χ0) is 19.2. The second-order valence-corrected chi connectivity index (χ2v) is 6.71. The lowest BCUT2D eigenvalue weighted by atomic mass is 10.1. The number of hydrogen-bond acceptors (Lipinski definition) is 4. The number of nitrogens with one attached hydrogen (secondary N) is 1. The van der Waals surface area contributed by atoms with Crippen LogP contribution in [0.1, 0.15) is 12.5 Å². The van der Waals surface area contributed by atoms with Crippen molar-refractivity contribution in [2.24, 2.45) is 0 Å². The molecule has 0 bridgehead atoms. The van der Waals surface area contributed by atoms with E-state index in [4.69, 9.17) is 4.74 Å². The molecule has 2 aromatic carbocycles. The molecule has 2 aromatic rings. The fourth-order valence-corrected chi connectivity index (χ4v) is 3.31. The molecule has 1 saturated heterocycles. The van der Waals surface area contributed by atoms with Crippen LogP contribution in [0.2, 0.25) is 0 Å². The van der Waals surface area contributed by atoms with Crippen LogP contribution < -0.4 is 15.0 Å². The minimum Gasteiger partial charge on any atom is -0.497 e. The number of hydrogen-bond donors (Lipinski definition) is 1. The van der Waals surface area contributed by atoms with E-state index < -0.39 is 0 Å². The summed E-state index contributed by atoms with van der Waals surface area (Å²) in [5.41, 5.74) is 1.63. The van der Waals surface area contributed by atoms with E-state index in [-0.39, 0.29) is 24.3 Å². The summed E-state index contributed by atoms with van der Waals surface area (Å²) >= 11 is 0. The highest BCUT2D eigenvalue weighted by atomic mass is 19.1. The Bertz CT molecular complexity index is 776. The van der Waals surface area contributed by atoms with Crippen molar-refractivity contribution >= 4 is 11.6 Å². The number of nitrogens with zero attached hydrogens (tertiary/aromatic N) is 2. The molecule has 1 fully saturated rings. The van der Waals surface area contributed by atoms with Crippen molar-refractivity contribution < 1.29 is 13.9 Å². The molecule has 0 aromatic heterocycles. The van der Waals surface area contributed by atoms with Crippen LogP contribution in [0, 0.1) is 5.82 Å². The molecule has 1 amide bonds. The van der Waals surface area contributed by atoms with Crippen LogP contribution in [-0.4, -0.2) is 50.1 Å². The van der Waals surface area contributed by atoms with Crippen LogP contribution >= 0.6 is 0 Å². The van der Waals surface area contributed by atoms with Crippen LogP contribution in [0.25, 0.3) is 0 Å². The van der Waals surface area contributed by atoms with Crippen LogP contribution in [0.4, 0.5) is 10.1 Å². The van der Waals surface area contributed by atoms with E-state index >= 15 is 0 Å². The number of halogens is 1. The standard InChI is InChI=1S/C21H26FN3O2/c1-16(21(26)23-15-17-6-3-4-9-20(17)22)24-10-12-25(13-11-24)18-7-5-8-19(14-18)27-2/h3-9,14,16H,10-13,15H2,1-2H3,(H,23,26). The van der Waals surface area contributed by atoms with Crippen LogP contribution in [0.3, 0.4) is 0 Å². The molecular weight excluding hydrogens is 345 g/mol. The normalized spacial score (nSPS) is 16.0. The Balaban J connectivity index is 1.51. The molecule has 6 heteroatoms. The van der Waals surface area contributed by atoms with Crippen molar-refractivity contribution in [3.63, 3.8) is 0 Å². The lowest BCUT2D eigenvalue weighted by Gasteiger charge is -2.38. The van der Waals surface area contributed by atoms with Gasteiger partial charge in [0.15, 0.2) is 0 Å². The highest BCUT2D eigenvalue weighted by Gasteiger charge is 2.25. The number of rotatable bonds is 6. The zero-order valence-corrected chi connectivity index (χ0v) is 15.8. The van der Waals surface area contributed by atoms with Crippen molar-refractivity contribution in [2.45, 2.75) is 19.5 Å². The summed E-state index contributed by atoms with van der Waals surface area (Å²) in [6.45, 7) is 5.39.